The van der Waals surface area contributed by atoms with Gasteiger partial charge in [0.1, 0.15) is 0 Å². The van der Waals surface area contributed by atoms with Crippen LogP contribution in [0.4, 0.5) is 5.69 Å². The molecule has 0 aliphatic rings. The molecule has 0 aliphatic heterocycles. The first-order chi connectivity index (χ1) is 9.31. The van der Waals surface area contributed by atoms with Gasteiger partial charge in [-0.25, -0.2) is 0 Å². The zero-order valence-electron chi connectivity index (χ0n) is 11.8. The number of benzene rings is 1. The number of nitrogens with zero attached hydrogens (tertiary/aromatic N) is 2. The monoisotopic (exact) mass is 257 g/mol. The van der Waals surface area contributed by atoms with Crippen LogP contribution >= 0.6 is 0 Å². The lowest BCUT2D eigenvalue weighted by molar-refractivity contribution is 0.622. The summed E-state index contributed by atoms with van der Waals surface area (Å²) in [6.07, 6.45) is 7.42. The van der Waals surface area contributed by atoms with Gasteiger partial charge in [0.15, 0.2) is 0 Å². The largest absolute Gasteiger partial charge is 0.382 e. The topological polar surface area (TPSA) is 29.9 Å². The van der Waals surface area contributed by atoms with E-state index in [4.69, 9.17) is 0 Å². The van der Waals surface area contributed by atoms with Gasteiger partial charge in [-0.2, -0.15) is 5.10 Å². The van der Waals surface area contributed by atoms with Crippen molar-refractivity contribution in [2.45, 2.75) is 45.7 Å². The Bertz CT molecular complexity index is 459. The average Bonchev–Trinajstić information content (AvgIpc) is 2.93. The van der Waals surface area contributed by atoms with Gasteiger partial charge in [0.2, 0.25) is 0 Å². The zero-order chi connectivity index (χ0) is 13.5. The van der Waals surface area contributed by atoms with Crippen LogP contribution in [0.1, 0.15) is 38.7 Å². The zero-order valence-corrected chi connectivity index (χ0v) is 11.8. The molecule has 0 spiro atoms. The van der Waals surface area contributed by atoms with Gasteiger partial charge in [-0.1, -0.05) is 32.4 Å². The van der Waals surface area contributed by atoms with E-state index in [0.29, 0.717) is 6.04 Å². The van der Waals surface area contributed by atoms with Crippen molar-refractivity contribution in [1.29, 1.82) is 0 Å². The highest BCUT2D eigenvalue weighted by molar-refractivity contribution is 5.45. The van der Waals surface area contributed by atoms with E-state index in [1.165, 1.54) is 30.5 Å². The minimum atomic E-state index is 0.585. The highest BCUT2D eigenvalue weighted by atomic mass is 15.3. The fourth-order valence-corrected chi connectivity index (χ4v) is 2.25. The van der Waals surface area contributed by atoms with Gasteiger partial charge < -0.3 is 5.32 Å². The van der Waals surface area contributed by atoms with Crippen LogP contribution in [0.3, 0.4) is 0 Å². The number of nitrogens with one attached hydrogen (secondary N) is 1. The third-order valence-electron chi connectivity index (χ3n) is 3.36. The smallest absolute Gasteiger partial charge is 0.0659 e. The summed E-state index contributed by atoms with van der Waals surface area (Å²) in [5.74, 6) is 0. The highest BCUT2D eigenvalue weighted by Gasteiger charge is 2.04. The first-order valence-corrected chi connectivity index (χ1v) is 7.14. The van der Waals surface area contributed by atoms with E-state index in [-0.39, 0.29) is 0 Å². The van der Waals surface area contributed by atoms with Crippen molar-refractivity contribution in [2.75, 3.05) is 5.32 Å². The molecule has 2 aromatic rings. The first-order valence-electron chi connectivity index (χ1n) is 7.14. The van der Waals surface area contributed by atoms with Crippen LogP contribution in [0.25, 0.3) is 0 Å². The molecule has 19 heavy (non-hydrogen) atoms. The van der Waals surface area contributed by atoms with Crippen molar-refractivity contribution in [3.63, 3.8) is 0 Å². The van der Waals surface area contributed by atoms with Crippen LogP contribution in [-0.2, 0) is 6.54 Å². The Morgan fingerprint density at radius 3 is 2.58 bits per heavy atom. The molecule has 0 aliphatic carbocycles. The highest BCUT2D eigenvalue weighted by Crippen LogP contribution is 2.14. The molecular weight excluding hydrogens is 234 g/mol. The quantitative estimate of drug-likeness (QED) is 0.814. The maximum absolute atomic E-state index is 4.22. The summed E-state index contributed by atoms with van der Waals surface area (Å²) >= 11 is 0. The van der Waals surface area contributed by atoms with E-state index in [0.717, 1.165) is 6.54 Å². The summed E-state index contributed by atoms with van der Waals surface area (Å²) in [6.45, 7) is 5.30. The van der Waals surface area contributed by atoms with Crippen molar-refractivity contribution >= 4 is 5.69 Å². The van der Waals surface area contributed by atoms with Crippen LogP contribution < -0.4 is 5.32 Å². The van der Waals surface area contributed by atoms with Crippen LogP contribution in [0.15, 0.2) is 42.7 Å². The summed E-state index contributed by atoms with van der Waals surface area (Å²) in [5, 5.41) is 7.81. The number of anilines is 1. The molecule has 1 aromatic heterocycles. The summed E-state index contributed by atoms with van der Waals surface area (Å²) in [5.41, 5.74) is 2.49. The Labute approximate surface area is 115 Å². The average molecular weight is 257 g/mol. The normalized spacial score (nSPS) is 12.3. The third-order valence-corrected chi connectivity index (χ3v) is 3.36. The molecule has 0 radical (unpaired) electrons. The van der Waals surface area contributed by atoms with Gasteiger partial charge in [-0.05, 0) is 36.6 Å². The molecule has 0 saturated heterocycles. The molecule has 3 nitrogen and oxygen atoms in total. The first kappa shape index (κ1) is 13.7. The van der Waals surface area contributed by atoms with Gasteiger partial charge in [0.25, 0.3) is 0 Å². The lowest BCUT2D eigenvalue weighted by Crippen LogP contribution is -2.17. The van der Waals surface area contributed by atoms with Crippen LogP contribution in [0.5, 0.6) is 0 Å². The molecule has 1 atom stereocenters. The maximum Gasteiger partial charge on any atom is 0.0659 e. The minimum Gasteiger partial charge on any atom is -0.382 e. The van der Waals surface area contributed by atoms with Gasteiger partial charge in [-0.15, -0.1) is 0 Å². The van der Waals surface area contributed by atoms with Crippen molar-refractivity contribution in [2.24, 2.45) is 0 Å². The number of hydrogen-bond acceptors (Lipinski definition) is 2. The molecule has 0 bridgehead atoms. The molecule has 1 unspecified atom stereocenters. The Hall–Kier alpha value is -1.77. The SMILES string of the molecule is CCCC(CC)Nc1ccc(Cn2cccn2)cc1. The van der Waals surface area contributed by atoms with Gasteiger partial charge in [0.05, 0.1) is 6.54 Å². The van der Waals surface area contributed by atoms with Gasteiger partial charge >= 0.3 is 0 Å². The molecule has 0 amide bonds. The molecule has 1 heterocycles. The summed E-state index contributed by atoms with van der Waals surface area (Å²) in [7, 11) is 0. The molecule has 1 N–H and O–H groups in total. The number of hydrogen-bond donors (Lipinski definition) is 1. The van der Waals surface area contributed by atoms with Gasteiger partial charge in [-0.3, -0.25) is 4.68 Å². The number of rotatable bonds is 7. The molecular formula is C16H23N3. The Morgan fingerprint density at radius 1 is 1.21 bits per heavy atom. The minimum absolute atomic E-state index is 0.585. The molecule has 2 rings (SSSR count). The third kappa shape index (κ3) is 4.12. The molecule has 1 aromatic carbocycles. The van der Waals surface area contributed by atoms with E-state index < -0.39 is 0 Å². The predicted octanol–water partition coefficient (Wildman–Crippen LogP) is 3.92. The Balaban J connectivity index is 1.94. The fourth-order valence-electron chi connectivity index (χ4n) is 2.25. The predicted molar refractivity (Wildman–Crippen MR) is 80.4 cm³/mol. The van der Waals surface area contributed by atoms with Crippen molar-refractivity contribution < 1.29 is 0 Å². The maximum atomic E-state index is 4.22. The molecule has 102 valence electrons. The van der Waals surface area contributed by atoms with Crippen LogP contribution in [0, 0.1) is 0 Å². The molecule has 0 fully saturated rings. The standard InChI is InChI=1S/C16H23N3/c1-3-6-15(4-2)18-16-9-7-14(8-10-16)13-19-12-5-11-17-19/h5,7-12,15,18H,3-4,6,13H2,1-2H3. The van der Waals surface area contributed by atoms with Crippen molar-refractivity contribution in [3.05, 3.63) is 48.3 Å². The number of aromatic nitrogens is 2. The van der Waals surface area contributed by atoms with Crippen molar-refractivity contribution in [3.8, 4) is 0 Å². The second-order valence-electron chi connectivity index (χ2n) is 4.94. The lowest BCUT2D eigenvalue weighted by atomic mass is 10.1. The summed E-state index contributed by atoms with van der Waals surface area (Å²) < 4.78 is 1.94. The second kappa shape index (κ2) is 6.98. The summed E-state index contributed by atoms with van der Waals surface area (Å²) in [4.78, 5) is 0. The van der Waals surface area contributed by atoms with E-state index in [1.807, 2.05) is 23.1 Å². The lowest BCUT2D eigenvalue weighted by Gasteiger charge is -2.17. The van der Waals surface area contributed by atoms with Gasteiger partial charge in [0, 0.05) is 24.1 Å². The van der Waals surface area contributed by atoms with E-state index in [9.17, 15) is 0 Å². The second-order valence-corrected chi connectivity index (χ2v) is 4.94. The van der Waals surface area contributed by atoms with Crippen LogP contribution in [0.2, 0.25) is 0 Å². The van der Waals surface area contributed by atoms with Crippen molar-refractivity contribution in [1.82, 2.24) is 9.78 Å². The molecule has 3 heteroatoms. The van der Waals surface area contributed by atoms with E-state index in [1.54, 1.807) is 0 Å². The van der Waals surface area contributed by atoms with E-state index >= 15 is 0 Å². The van der Waals surface area contributed by atoms with E-state index in [2.05, 4.69) is 48.5 Å². The summed E-state index contributed by atoms with van der Waals surface area (Å²) in [6, 6.07) is 11.2. The fraction of sp³-hybridized carbons (Fsp3) is 0.438. The Kier molecular flexibility index (Phi) is 5.01. The Morgan fingerprint density at radius 2 is 2.00 bits per heavy atom. The molecule has 0 saturated carbocycles. The van der Waals surface area contributed by atoms with Crippen LogP contribution in [-0.4, -0.2) is 15.8 Å².